The van der Waals surface area contributed by atoms with E-state index in [2.05, 4.69) is 34.8 Å². The third-order valence-corrected chi connectivity index (χ3v) is 6.97. The van der Waals surface area contributed by atoms with Crippen LogP contribution in [0.1, 0.15) is 57.6 Å². The van der Waals surface area contributed by atoms with Crippen LogP contribution in [0.3, 0.4) is 0 Å². The molecule has 0 unspecified atom stereocenters. The number of hydrogen-bond donors (Lipinski definition) is 4. The normalized spacial score (nSPS) is 17.4. The fourth-order valence-corrected chi connectivity index (χ4v) is 4.79. The number of amides is 1. The number of imidazole rings is 1. The fourth-order valence-electron chi connectivity index (χ4n) is 4.79. The van der Waals surface area contributed by atoms with Crippen LogP contribution >= 0.6 is 0 Å². The number of fused-ring (bicyclic) bond motifs is 1. The zero-order chi connectivity index (χ0) is 27.4. The molecule has 0 spiro atoms. The number of nitrogens with zero attached hydrogens (tertiary/aromatic N) is 4. The van der Waals surface area contributed by atoms with Gasteiger partial charge in [0, 0.05) is 29.9 Å². The second-order valence-electron chi connectivity index (χ2n) is 10.3. The van der Waals surface area contributed by atoms with Gasteiger partial charge in [0.1, 0.15) is 5.82 Å². The van der Waals surface area contributed by atoms with Gasteiger partial charge in [0.2, 0.25) is 11.9 Å². The van der Waals surface area contributed by atoms with Gasteiger partial charge in [-0.1, -0.05) is 18.2 Å². The van der Waals surface area contributed by atoms with Gasteiger partial charge in [-0.25, -0.2) is 9.37 Å². The number of carbonyl (C=O) groups is 1. The number of halogens is 1. The molecule has 2 aromatic heterocycles. The molecule has 5 rings (SSSR count). The first-order valence-corrected chi connectivity index (χ1v) is 13.4. The number of aliphatic hydroxyl groups excluding tert-OH is 1. The van der Waals surface area contributed by atoms with Gasteiger partial charge in [-0.15, -0.1) is 0 Å². The molecule has 10 heteroatoms. The van der Waals surface area contributed by atoms with E-state index in [0.717, 1.165) is 42.6 Å². The van der Waals surface area contributed by atoms with Crippen LogP contribution in [-0.4, -0.2) is 42.7 Å². The lowest BCUT2D eigenvalue weighted by Gasteiger charge is -2.26. The first-order chi connectivity index (χ1) is 18.8. The summed E-state index contributed by atoms with van der Waals surface area (Å²) in [4.78, 5) is 26.7. The highest BCUT2D eigenvalue weighted by molar-refractivity contribution is 5.92. The number of carbonyl (C=O) groups excluding carboxylic acids is 1. The number of rotatable bonds is 9. The minimum Gasteiger partial charge on any atom is -0.393 e. The van der Waals surface area contributed by atoms with E-state index in [1.54, 1.807) is 18.5 Å². The summed E-state index contributed by atoms with van der Waals surface area (Å²) < 4.78 is 15.1. The average molecular weight is 532 g/mol. The number of anilines is 4. The first kappa shape index (κ1) is 26.6. The van der Waals surface area contributed by atoms with Crippen molar-refractivity contribution in [3.8, 4) is 0 Å². The summed E-state index contributed by atoms with van der Waals surface area (Å²) in [6.07, 6.45) is 5.59. The monoisotopic (exact) mass is 531 g/mol. The fraction of sp³-hybridized carbons (Fsp3) is 0.379. The number of aromatic nitrogens is 4. The molecule has 1 aliphatic rings. The molecule has 0 bridgehead atoms. The van der Waals surface area contributed by atoms with Gasteiger partial charge in [0.05, 0.1) is 12.4 Å². The minimum absolute atomic E-state index is 0.124. The molecule has 1 amide bonds. The average Bonchev–Trinajstić information content (AvgIpc) is 3.35. The smallest absolute Gasteiger partial charge is 0.227 e. The molecular weight excluding hydrogens is 497 g/mol. The summed E-state index contributed by atoms with van der Waals surface area (Å²) >= 11 is 0. The number of nitrogens with one attached hydrogen (secondary N) is 3. The second-order valence-corrected chi connectivity index (χ2v) is 10.3. The van der Waals surface area contributed by atoms with Gasteiger partial charge < -0.3 is 25.6 Å². The largest absolute Gasteiger partial charge is 0.393 e. The van der Waals surface area contributed by atoms with Crippen LogP contribution in [0.2, 0.25) is 0 Å². The van der Waals surface area contributed by atoms with E-state index in [1.165, 1.54) is 12.1 Å². The first-order valence-electron chi connectivity index (χ1n) is 13.4. The molecule has 4 aromatic rings. The summed E-state index contributed by atoms with van der Waals surface area (Å²) in [6, 6.07) is 14.0. The van der Waals surface area contributed by atoms with Crippen molar-refractivity contribution in [2.45, 2.75) is 70.6 Å². The van der Waals surface area contributed by atoms with E-state index in [0.29, 0.717) is 29.4 Å². The van der Waals surface area contributed by atoms with Crippen molar-refractivity contribution in [2.24, 2.45) is 0 Å². The number of hydrogen-bond acceptors (Lipinski definition) is 7. The summed E-state index contributed by atoms with van der Waals surface area (Å²) in [7, 11) is 0. The highest BCUT2D eigenvalue weighted by Gasteiger charge is 2.22. The van der Waals surface area contributed by atoms with Crippen molar-refractivity contribution in [1.82, 2.24) is 19.5 Å². The van der Waals surface area contributed by atoms with Gasteiger partial charge in [-0.2, -0.15) is 9.97 Å². The highest BCUT2D eigenvalue weighted by atomic mass is 19.1. The Morgan fingerprint density at radius 3 is 2.56 bits per heavy atom. The molecule has 0 radical (unpaired) electrons. The van der Waals surface area contributed by atoms with E-state index in [9.17, 15) is 14.3 Å². The van der Waals surface area contributed by atoms with Crippen LogP contribution in [0, 0.1) is 5.82 Å². The van der Waals surface area contributed by atoms with E-state index < -0.39 is 0 Å². The van der Waals surface area contributed by atoms with E-state index in [-0.39, 0.29) is 36.3 Å². The molecule has 0 saturated heterocycles. The molecule has 204 valence electrons. The van der Waals surface area contributed by atoms with Gasteiger partial charge in [-0.05, 0) is 81.8 Å². The maximum absolute atomic E-state index is 13.1. The molecule has 1 saturated carbocycles. The highest BCUT2D eigenvalue weighted by Crippen LogP contribution is 2.28. The summed E-state index contributed by atoms with van der Waals surface area (Å²) in [5.74, 6) is 0.665. The SMILES string of the molecule is CC(C)n1cnc2c(Nc3cccc(NC(=O)CCc4ccc(F)cc4)c3)nc(NC3CCC(O)CC3)nc21. The maximum Gasteiger partial charge on any atom is 0.227 e. The molecule has 1 aliphatic carbocycles. The van der Waals surface area contributed by atoms with Crippen molar-refractivity contribution >= 4 is 40.2 Å². The van der Waals surface area contributed by atoms with Crippen LogP contribution in [0.4, 0.5) is 27.5 Å². The zero-order valence-corrected chi connectivity index (χ0v) is 22.2. The van der Waals surface area contributed by atoms with E-state index in [1.807, 2.05) is 28.8 Å². The number of benzene rings is 2. The van der Waals surface area contributed by atoms with Gasteiger partial charge in [-0.3, -0.25) is 4.79 Å². The predicted octanol–water partition coefficient (Wildman–Crippen LogP) is 5.58. The van der Waals surface area contributed by atoms with Crippen molar-refractivity contribution < 1.29 is 14.3 Å². The summed E-state index contributed by atoms with van der Waals surface area (Å²) in [5, 5.41) is 19.6. The Bertz CT molecular complexity index is 1430. The Morgan fingerprint density at radius 1 is 1.08 bits per heavy atom. The van der Waals surface area contributed by atoms with Crippen molar-refractivity contribution in [3.05, 3.63) is 66.2 Å². The minimum atomic E-state index is -0.291. The number of aryl methyl sites for hydroxylation is 1. The second kappa shape index (κ2) is 11.8. The molecule has 9 nitrogen and oxygen atoms in total. The molecule has 1 fully saturated rings. The lowest BCUT2D eigenvalue weighted by Crippen LogP contribution is -2.29. The van der Waals surface area contributed by atoms with Crippen molar-refractivity contribution in [2.75, 3.05) is 16.0 Å². The van der Waals surface area contributed by atoms with E-state index >= 15 is 0 Å². The lowest BCUT2D eigenvalue weighted by molar-refractivity contribution is -0.116. The predicted molar refractivity (Wildman–Crippen MR) is 151 cm³/mol. The van der Waals surface area contributed by atoms with Gasteiger partial charge in [0.15, 0.2) is 17.0 Å². The van der Waals surface area contributed by atoms with Crippen molar-refractivity contribution in [1.29, 1.82) is 0 Å². The molecule has 39 heavy (non-hydrogen) atoms. The summed E-state index contributed by atoms with van der Waals surface area (Å²) in [6.45, 7) is 4.16. The van der Waals surface area contributed by atoms with Gasteiger partial charge >= 0.3 is 0 Å². The third-order valence-electron chi connectivity index (χ3n) is 6.97. The molecule has 0 aliphatic heterocycles. The Morgan fingerprint density at radius 2 is 1.82 bits per heavy atom. The molecular formula is C29H34FN7O2. The van der Waals surface area contributed by atoms with Crippen LogP contribution in [0.15, 0.2) is 54.9 Å². The maximum atomic E-state index is 13.1. The molecule has 0 atom stereocenters. The molecule has 4 N–H and O–H groups in total. The Kier molecular flexibility index (Phi) is 8.02. The van der Waals surface area contributed by atoms with Crippen LogP contribution < -0.4 is 16.0 Å². The van der Waals surface area contributed by atoms with Crippen molar-refractivity contribution in [3.63, 3.8) is 0 Å². The molecule has 2 aromatic carbocycles. The van der Waals surface area contributed by atoms with E-state index in [4.69, 9.17) is 9.97 Å². The Labute approximate surface area is 226 Å². The quantitative estimate of drug-likeness (QED) is 0.223. The molecule has 2 heterocycles. The standard InChI is InChI=1S/C29H34FN7O2/c1-18(2)37-17-31-26-27(35-29(36-28(26)37)34-21-11-13-24(38)14-12-21)33-23-5-3-4-22(16-23)32-25(39)15-8-19-6-9-20(30)10-7-19/h3-7,9-10,16-18,21,24,38H,8,11-15H2,1-2H3,(H,32,39)(H2,33,34,35,36). The van der Waals surface area contributed by atoms with Gasteiger partial charge in [0.25, 0.3) is 0 Å². The van der Waals surface area contributed by atoms with Crippen LogP contribution in [0.5, 0.6) is 0 Å². The number of aliphatic hydroxyl groups is 1. The topological polar surface area (TPSA) is 117 Å². The Hall–Kier alpha value is -4.05. The Balaban J connectivity index is 1.32. The lowest BCUT2D eigenvalue weighted by atomic mass is 9.93. The van der Waals surface area contributed by atoms with Crippen LogP contribution in [0.25, 0.3) is 11.2 Å². The summed E-state index contributed by atoms with van der Waals surface area (Å²) in [5.41, 5.74) is 3.69. The van der Waals surface area contributed by atoms with Crippen LogP contribution in [-0.2, 0) is 11.2 Å². The zero-order valence-electron chi connectivity index (χ0n) is 22.2. The third kappa shape index (κ3) is 6.69.